The van der Waals surface area contributed by atoms with Crippen LogP contribution in [0.25, 0.3) is 0 Å². The number of hydrogen-bond donors (Lipinski definition) is 1. The van der Waals surface area contributed by atoms with Crippen LogP contribution in [0.2, 0.25) is 5.02 Å². The molecule has 0 aliphatic heterocycles. The number of halogens is 1. The van der Waals surface area contributed by atoms with E-state index in [9.17, 15) is 4.79 Å². The third-order valence-corrected chi connectivity index (χ3v) is 2.55. The van der Waals surface area contributed by atoms with E-state index in [0.29, 0.717) is 11.6 Å². The highest BCUT2D eigenvalue weighted by atomic mass is 35.5. The number of nitrogens with zero attached hydrogens (tertiary/aromatic N) is 2. The first kappa shape index (κ1) is 12.0. The Kier molecular flexibility index (Phi) is 4.15. The van der Waals surface area contributed by atoms with Gasteiger partial charge < -0.3 is 5.32 Å². The van der Waals surface area contributed by atoms with Gasteiger partial charge in [-0.1, -0.05) is 18.5 Å². The Labute approximate surface area is 94.6 Å². The van der Waals surface area contributed by atoms with E-state index in [1.807, 2.05) is 13.8 Å². The number of carbonyl (C=O) groups is 1. The Bertz CT molecular complexity index is 329. The highest BCUT2D eigenvalue weighted by Crippen LogP contribution is 2.15. The van der Waals surface area contributed by atoms with E-state index in [4.69, 9.17) is 11.6 Å². The van der Waals surface area contributed by atoms with Gasteiger partial charge in [0, 0.05) is 12.7 Å². The molecule has 1 aromatic rings. The second kappa shape index (κ2) is 5.16. The van der Waals surface area contributed by atoms with Crippen LogP contribution in [0.5, 0.6) is 0 Å². The molecule has 0 aliphatic rings. The van der Waals surface area contributed by atoms with Gasteiger partial charge in [0.25, 0.3) is 0 Å². The Morgan fingerprint density at radius 1 is 1.73 bits per heavy atom. The standard InChI is InChI=1S/C10H16ClN3O/c1-4-5-12-10(15)8(3)14-6-9(11)7(2)13-14/h6,8H,4-5H2,1-3H3,(H,12,15). The molecule has 0 spiro atoms. The summed E-state index contributed by atoms with van der Waals surface area (Å²) in [6.45, 7) is 6.32. The van der Waals surface area contributed by atoms with Crippen molar-refractivity contribution >= 4 is 17.5 Å². The fraction of sp³-hybridized carbons (Fsp3) is 0.600. The van der Waals surface area contributed by atoms with Gasteiger partial charge in [-0.05, 0) is 20.3 Å². The van der Waals surface area contributed by atoms with Crippen LogP contribution in [0.1, 0.15) is 32.0 Å². The molecule has 0 saturated carbocycles. The van der Waals surface area contributed by atoms with Gasteiger partial charge in [0.1, 0.15) is 6.04 Å². The summed E-state index contributed by atoms with van der Waals surface area (Å²) in [5, 5.41) is 7.57. The van der Waals surface area contributed by atoms with E-state index >= 15 is 0 Å². The first-order valence-electron chi connectivity index (χ1n) is 5.05. The molecule has 1 rings (SSSR count). The molecular formula is C10H16ClN3O. The molecule has 84 valence electrons. The number of aromatic nitrogens is 2. The van der Waals surface area contributed by atoms with Crippen LogP contribution in [0.3, 0.4) is 0 Å². The van der Waals surface area contributed by atoms with Crippen LogP contribution in [-0.4, -0.2) is 22.2 Å². The van der Waals surface area contributed by atoms with Gasteiger partial charge in [-0.25, -0.2) is 0 Å². The zero-order valence-electron chi connectivity index (χ0n) is 9.25. The summed E-state index contributed by atoms with van der Waals surface area (Å²) in [7, 11) is 0. The molecule has 0 bridgehead atoms. The van der Waals surface area contributed by atoms with Crippen molar-refractivity contribution in [3.8, 4) is 0 Å². The van der Waals surface area contributed by atoms with E-state index in [1.165, 1.54) is 0 Å². The van der Waals surface area contributed by atoms with E-state index in [1.54, 1.807) is 17.8 Å². The molecular weight excluding hydrogens is 214 g/mol. The van der Waals surface area contributed by atoms with E-state index in [2.05, 4.69) is 10.4 Å². The van der Waals surface area contributed by atoms with Crippen LogP contribution < -0.4 is 5.32 Å². The topological polar surface area (TPSA) is 46.9 Å². The number of carbonyl (C=O) groups excluding carboxylic acids is 1. The van der Waals surface area contributed by atoms with Crippen molar-refractivity contribution in [3.05, 3.63) is 16.9 Å². The van der Waals surface area contributed by atoms with Crippen LogP contribution >= 0.6 is 11.6 Å². The normalized spacial score (nSPS) is 12.5. The number of amides is 1. The van der Waals surface area contributed by atoms with Gasteiger partial charge >= 0.3 is 0 Å². The van der Waals surface area contributed by atoms with Gasteiger partial charge in [-0.3, -0.25) is 9.48 Å². The lowest BCUT2D eigenvalue weighted by molar-refractivity contribution is -0.124. The summed E-state index contributed by atoms with van der Waals surface area (Å²) in [6.07, 6.45) is 2.60. The monoisotopic (exact) mass is 229 g/mol. The molecule has 1 amide bonds. The molecule has 0 aliphatic carbocycles. The van der Waals surface area contributed by atoms with Crippen molar-refractivity contribution in [2.75, 3.05) is 6.54 Å². The molecule has 1 unspecified atom stereocenters. The molecule has 0 saturated heterocycles. The maximum Gasteiger partial charge on any atom is 0.244 e. The lowest BCUT2D eigenvalue weighted by atomic mass is 10.3. The zero-order valence-corrected chi connectivity index (χ0v) is 10.0. The summed E-state index contributed by atoms with van der Waals surface area (Å²) < 4.78 is 1.59. The van der Waals surface area contributed by atoms with Crippen molar-refractivity contribution < 1.29 is 4.79 Å². The summed E-state index contributed by atoms with van der Waals surface area (Å²) >= 11 is 5.87. The van der Waals surface area contributed by atoms with Gasteiger partial charge in [-0.2, -0.15) is 5.10 Å². The van der Waals surface area contributed by atoms with Crippen LogP contribution in [0.15, 0.2) is 6.20 Å². The summed E-state index contributed by atoms with van der Waals surface area (Å²) in [4.78, 5) is 11.6. The van der Waals surface area contributed by atoms with Gasteiger partial charge in [-0.15, -0.1) is 0 Å². The van der Waals surface area contributed by atoms with Crippen LogP contribution in [0.4, 0.5) is 0 Å². The quantitative estimate of drug-likeness (QED) is 0.858. The molecule has 1 heterocycles. The SMILES string of the molecule is CCCNC(=O)C(C)n1cc(Cl)c(C)n1. The largest absolute Gasteiger partial charge is 0.354 e. The van der Waals surface area contributed by atoms with Crippen molar-refractivity contribution in [1.82, 2.24) is 15.1 Å². The molecule has 4 nitrogen and oxygen atoms in total. The van der Waals surface area contributed by atoms with Gasteiger partial charge in [0.05, 0.1) is 10.7 Å². The number of rotatable bonds is 4. The third kappa shape index (κ3) is 2.96. The predicted molar refractivity (Wildman–Crippen MR) is 60.0 cm³/mol. The second-order valence-electron chi connectivity index (χ2n) is 3.51. The first-order valence-corrected chi connectivity index (χ1v) is 5.43. The first-order chi connectivity index (χ1) is 7.06. The second-order valence-corrected chi connectivity index (χ2v) is 3.92. The average molecular weight is 230 g/mol. The fourth-order valence-corrected chi connectivity index (χ4v) is 1.31. The molecule has 5 heteroatoms. The summed E-state index contributed by atoms with van der Waals surface area (Å²) in [5.41, 5.74) is 0.742. The Morgan fingerprint density at radius 3 is 2.87 bits per heavy atom. The summed E-state index contributed by atoms with van der Waals surface area (Å²) in [5.74, 6) is -0.0315. The summed E-state index contributed by atoms with van der Waals surface area (Å²) in [6, 6.07) is -0.317. The molecule has 15 heavy (non-hydrogen) atoms. The highest BCUT2D eigenvalue weighted by Gasteiger charge is 2.16. The fourth-order valence-electron chi connectivity index (χ4n) is 1.17. The smallest absolute Gasteiger partial charge is 0.244 e. The van der Waals surface area contributed by atoms with Gasteiger partial charge in [0.15, 0.2) is 0 Å². The van der Waals surface area contributed by atoms with E-state index in [-0.39, 0.29) is 11.9 Å². The number of aryl methyl sites for hydroxylation is 1. The van der Waals surface area contributed by atoms with Crippen LogP contribution in [0, 0.1) is 6.92 Å². The minimum atomic E-state index is -0.317. The molecule has 0 radical (unpaired) electrons. The minimum Gasteiger partial charge on any atom is -0.354 e. The Hall–Kier alpha value is -1.03. The zero-order chi connectivity index (χ0) is 11.4. The molecule has 1 aromatic heterocycles. The third-order valence-electron chi connectivity index (χ3n) is 2.18. The minimum absolute atomic E-state index is 0.0315. The lowest BCUT2D eigenvalue weighted by Crippen LogP contribution is -2.31. The highest BCUT2D eigenvalue weighted by molar-refractivity contribution is 6.31. The van der Waals surface area contributed by atoms with Gasteiger partial charge in [0.2, 0.25) is 5.91 Å². The molecule has 1 atom stereocenters. The van der Waals surface area contributed by atoms with E-state index in [0.717, 1.165) is 12.1 Å². The number of nitrogens with one attached hydrogen (secondary N) is 1. The van der Waals surface area contributed by atoms with Crippen molar-refractivity contribution in [2.45, 2.75) is 33.2 Å². The predicted octanol–water partition coefficient (Wildman–Crippen LogP) is 1.93. The van der Waals surface area contributed by atoms with Crippen molar-refractivity contribution in [1.29, 1.82) is 0 Å². The number of hydrogen-bond acceptors (Lipinski definition) is 2. The van der Waals surface area contributed by atoms with E-state index < -0.39 is 0 Å². The molecule has 0 aromatic carbocycles. The lowest BCUT2D eigenvalue weighted by Gasteiger charge is -2.11. The molecule has 1 N–H and O–H groups in total. The van der Waals surface area contributed by atoms with Crippen LogP contribution in [-0.2, 0) is 4.79 Å². The maximum absolute atomic E-state index is 11.6. The maximum atomic E-state index is 11.6. The molecule has 0 fully saturated rings. The van der Waals surface area contributed by atoms with Crippen molar-refractivity contribution in [3.63, 3.8) is 0 Å². The Morgan fingerprint density at radius 2 is 2.40 bits per heavy atom. The average Bonchev–Trinajstić information content (AvgIpc) is 2.54. The Balaban J connectivity index is 2.67. The van der Waals surface area contributed by atoms with Crippen molar-refractivity contribution in [2.24, 2.45) is 0 Å².